The lowest BCUT2D eigenvalue weighted by atomic mass is 10.1. The van der Waals surface area contributed by atoms with Crippen molar-refractivity contribution in [2.75, 3.05) is 18.5 Å². The molecule has 0 aliphatic rings. The SMILES string of the molecule is CCOc1cc(/C=N\NC(=O)c2cccc(C(F)(F)F)c2)cc(Cl)c1OCC(=O)Nc1ccc(F)cc1. The fourth-order valence-corrected chi connectivity index (χ4v) is 3.27. The van der Waals surface area contributed by atoms with Crippen molar-refractivity contribution in [1.29, 1.82) is 0 Å². The van der Waals surface area contributed by atoms with E-state index in [1.54, 1.807) is 6.92 Å². The van der Waals surface area contributed by atoms with Crippen molar-refractivity contribution in [3.05, 3.63) is 88.2 Å². The molecular formula is C25H20ClF4N3O4. The second kappa shape index (κ2) is 12.2. The van der Waals surface area contributed by atoms with Gasteiger partial charge >= 0.3 is 6.18 Å². The van der Waals surface area contributed by atoms with Gasteiger partial charge in [0.2, 0.25) is 0 Å². The molecule has 0 heterocycles. The second-order valence-electron chi connectivity index (χ2n) is 7.38. The molecule has 0 unspecified atom stereocenters. The van der Waals surface area contributed by atoms with Gasteiger partial charge in [-0.25, -0.2) is 9.82 Å². The van der Waals surface area contributed by atoms with Gasteiger partial charge in [0.1, 0.15) is 5.82 Å². The molecule has 0 bridgehead atoms. The molecule has 37 heavy (non-hydrogen) atoms. The Balaban J connectivity index is 1.66. The van der Waals surface area contributed by atoms with Crippen LogP contribution in [0.5, 0.6) is 11.5 Å². The van der Waals surface area contributed by atoms with Gasteiger partial charge in [-0.3, -0.25) is 9.59 Å². The number of alkyl halides is 3. The van der Waals surface area contributed by atoms with Crippen LogP contribution in [0.3, 0.4) is 0 Å². The zero-order valence-electron chi connectivity index (χ0n) is 19.2. The lowest BCUT2D eigenvalue weighted by molar-refractivity contribution is -0.137. The van der Waals surface area contributed by atoms with Crippen LogP contribution in [0.15, 0.2) is 65.8 Å². The molecule has 0 radical (unpaired) electrons. The predicted octanol–water partition coefficient (Wildman–Crippen LogP) is 5.68. The third-order valence-corrected chi connectivity index (χ3v) is 4.92. The number of amides is 2. The van der Waals surface area contributed by atoms with Crippen molar-refractivity contribution in [3.8, 4) is 11.5 Å². The fraction of sp³-hybridized carbons (Fsp3) is 0.160. The van der Waals surface area contributed by atoms with Gasteiger partial charge in [0, 0.05) is 11.3 Å². The van der Waals surface area contributed by atoms with Crippen LogP contribution in [0.2, 0.25) is 5.02 Å². The van der Waals surface area contributed by atoms with Crippen LogP contribution >= 0.6 is 11.6 Å². The minimum Gasteiger partial charge on any atom is -0.490 e. The third-order valence-electron chi connectivity index (χ3n) is 4.64. The Morgan fingerprint density at radius 3 is 2.46 bits per heavy atom. The zero-order chi connectivity index (χ0) is 27.0. The van der Waals surface area contributed by atoms with Crippen molar-refractivity contribution < 1.29 is 36.6 Å². The summed E-state index contributed by atoms with van der Waals surface area (Å²) in [6.07, 6.45) is -3.37. The van der Waals surface area contributed by atoms with Gasteiger partial charge in [-0.2, -0.15) is 18.3 Å². The summed E-state index contributed by atoms with van der Waals surface area (Å²) in [5, 5.41) is 6.38. The molecule has 3 rings (SSSR count). The van der Waals surface area contributed by atoms with Gasteiger partial charge in [0.25, 0.3) is 11.8 Å². The first-order valence-corrected chi connectivity index (χ1v) is 11.1. The van der Waals surface area contributed by atoms with E-state index in [0.29, 0.717) is 17.3 Å². The van der Waals surface area contributed by atoms with Crippen molar-refractivity contribution in [1.82, 2.24) is 5.43 Å². The molecule has 0 saturated carbocycles. The average Bonchev–Trinajstić information content (AvgIpc) is 2.84. The van der Waals surface area contributed by atoms with Crippen LogP contribution < -0.4 is 20.2 Å². The smallest absolute Gasteiger partial charge is 0.416 e. The van der Waals surface area contributed by atoms with Crippen molar-refractivity contribution >= 4 is 35.3 Å². The monoisotopic (exact) mass is 537 g/mol. The Morgan fingerprint density at radius 1 is 1.05 bits per heavy atom. The largest absolute Gasteiger partial charge is 0.490 e. The number of hydrogen-bond acceptors (Lipinski definition) is 5. The van der Waals surface area contributed by atoms with Gasteiger partial charge in [-0.1, -0.05) is 17.7 Å². The number of ether oxygens (including phenoxy) is 2. The molecule has 2 N–H and O–H groups in total. The van der Waals surface area contributed by atoms with Gasteiger partial charge in [-0.15, -0.1) is 0 Å². The van der Waals surface area contributed by atoms with E-state index in [1.807, 2.05) is 0 Å². The van der Waals surface area contributed by atoms with E-state index < -0.39 is 36.0 Å². The average molecular weight is 538 g/mol. The summed E-state index contributed by atoms with van der Waals surface area (Å²) in [5.74, 6) is -1.53. The Labute approximate surface area is 214 Å². The Hall–Kier alpha value is -4.12. The normalized spacial score (nSPS) is 11.3. The molecular weight excluding hydrogens is 518 g/mol. The van der Waals surface area contributed by atoms with Crippen LogP contribution in [0.1, 0.15) is 28.4 Å². The molecule has 194 valence electrons. The molecule has 0 aromatic heterocycles. The van der Waals surface area contributed by atoms with E-state index in [-0.39, 0.29) is 28.7 Å². The number of nitrogens with one attached hydrogen (secondary N) is 2. The lowest BCUT2D eigenvalue weighted by Gasteiger charge is -2.14. The predicted molar refractivity (Wildman–Crippen MR) is 130 cm³/mol. The molecule has 7 nitrogen and oxygen atoms in total. The lowest BCUT2D eigenvalue weighted by Crippen LogP contribution is -2.20. The maximum Gasteiger partial charge on any atom is 0.416 e. The van der Waals surface area contributed by atoms with Gasteiger partial charge < -0.3 is 14.8 Å². The van der Waals surface area contributed by atoms with E-state index in [4.69, 9.17) is 21.1 Å². The highest BCUT2D eigenvalue weighted by molar-refractivity contribution is 6.32. The first kappa shape index (κ1) is 27.5. The Morgan fingerprint density at radius 2 is 1.78 bits per heavy atom. The van der Waals surface area contributed by atoms with E-state index in [0.717, 1.165) is 12.1 Å². The number of carbonyl (C=O) groups is 2. The molecule has 12 heteroatoms. The van der Waals surface area contributed by atoms with Crippen molar-refractivity contribution in [3.63, 3.8) is 0 Å². The summed E-state index contributed by atoms with van der Waals surface area (Å²) in [4.78, 5) is 24.4. The van der Waals surface area contributed by atoms with Crippen LogP contribution in [-0.2, 0) is 11.0 Å². The maximum absolute atomic E-state index is 13.0. The van der Waals surface area contributed by atoms with E-state index in [1.165, 1.54) is 48.7 Å². The van der Waals surface area contributed by atoms with Crippen molar-refractivity contribution in [2.24, 2.45) is 5.10 Å². The molecule has 0 spiro atoms. The van der Waals surface area contributed by atoms with Gasteiger partial charge in [0.15, 0.2) is 18.1 Å². The maximum atomic E-state index is 13.0. The highest BCUT2D eigenvalue weighted by Crippen LogP contribution is 2.36. The van der Waals surface area contributed by atoms with Crippen LogP contribution in [0.25, 0.3) is 0 Å². The summed E-state index contributed by atoms with van der Waals surface area (Å²) in [6.45, 7) is 1.54. The topological polar surface area (TPSA) is 89.0 Å². The molecule has 3 aromatic carbocycles. The number of hydrogen-bond donors (Lipinski definition) is 2. The summed E-state index contributed by atoms with van der Waals surface area (Å²) in [7, 11) is 0. The highest BCUT2D eigenvalue weighted by atomic mass is 35.5. The highest BCUT2D eigenvalue weighted by Gasteiger charge is 2.30. The van der Waals surface area contributed by atoms with E-state index in [2.05, 4.69) is 15.8 Å². The molecule has 0 fully saturated rings. The Kier molecular flexibility index (Phi) is 9.07. The summed E-state index contributed by atoms with van der Waals surface area (Å²) >= 11 is 6.29. The number of nitrogens with zero attached hydrogens (tertiary/aromatic N) is 1. The van der Waals surface area contributed by atoms with Gasteiger partial charge in [-0.05, 0) is 67.1 Å². The molecule has 2 amide bonds. The second-order valence-corrected chi connectivity index (χ2v) is 7.79. The van der Waals surface area contributed by atoms with E-state index >= 15 is 0 Å². The molecule has 3 aromatic rings. The minimum atomic E-state index is -4.59. The number of anilines is 1. The molecule has 0 saturated heterocycles. The van der Waals surface area contributed by atoms with Crippen LogP contribution in [0, 0.1) is 5.82 Å². The molecule has 0 aliphatic carbocycles. The number of benzene rings is 3. The summed E-state index contributed by atoms with van der Waals surface area (Å²) in [5.41, 5.74) is 1.73. The molecule has 0 atom stereocenters. The van der Waals surface area contributed by atoms with Crippen molar-refractivity contribution in [2.45, 2.75) is 13.1 Å². The standard InChI is InChI=1S/C25H20ClF4N3O4/c1-2-36-21-11-15(13-31-33-24(35)16-4-3-5-17(12-16)25(28,29)30)10-20(26)23(21)37-14-22(34)32-19-8-6-18(27)7-9-19/h3-13H,2,14H2,1H3,(H,32,34)(H,33,35)/b31-13-. The third kappa shape index (κ3) is 7.94. The Bertz CT molecular complexity index is 1300. The minimum absolute atomic E-state index is 0.0752. The zero-order valence-corrected chi connectivity index (χ0v) is 20.0. The van der Waals surface area contributed by atoms with E-state index in [9.17, 15) is 27.2 Å². The first-order valence-electron chi connectivity index (χ1n) is 10.7. The number of hydrazone groups is 1. The summed E-state index contributed by atoms with van der Waals surface area (Å²) in [6, 6.07) is 12.0. The molecule has 0 aliphatic heterocycles. The summed E-state index contributed by atoms with van der Waals surface area (Å²) < 4.78 is 62.6. The van der Waals surface area contributed by atoms with Crippen LogP contribution in [-0.4, -0.2) is 31.2 Å². The first-order chi connectivity index (χ1) is 17.6. The number of rotatable bonds is 9. The van der Waals surface area contributed by atoms with Crippen LogP contribution in [0.4, 0.5) is 23.2 Å². The quantitative estimate of drug-likeness (QED) is 0.209. The number of carbonyl (C=O) groups excluding carboxylic acids is 2. The van der Waals surface area contributed by atoms with Gasteiger partial charge in [0.05, 0.1) is 23.4 Å². The fourth-order valence-electron chi connectivity index (χ4n) is 3.00. The number of halogens is 5.